The van der Waals surface area contributed by atoms with Gasteiger partial charge in [-0.1, -0.05) is 6.07 Å². The number of nitrogens with zero attached hydrogens (tertiary/aromatic N) is 5. The Kier molecular flexibility index (Phi) is 7.60. The lowest BCUT2D eigenvalue weighted by Crippen LogP contribution is -2.47. The maximum atomic E-state index is 12.8. The zero-order chi connectivity index (χ0) is 23.4. The summed E-state index contributed by atoms with van der Waals surface area (Å²) in [6.45, 7) is 15.0. The van der Waals surface area contributed by atoms with Crippen molar-refractivity contribution < 1.29 is 4.79 Å². The topological polar surface area (TPSA) is 64.6 Å². The fourth-order valence-corrected chi connectivity index (χ4v) is 5.13. The molecule has 0 saturated carbocycles. The van der Waals surface area contributed by atoms with Crippen LogP contribution >= 0.6 is 0 Å². The first-order valence-electron chi connectivity index (χ1n) is 12.4. The van der Waals surface area contributed by atoms with Crippen LogP contribution < -0.4 is 10.2 Å². The molecule has 4 heterocycles. The molecule has 0 radical (unpaired) electrons. The number of likely N-dealkylation sites (tertiary alicyclic amines) is 1. The second-order valence-electron chi connectivity index (χ2n) is 9.71. The summed E-state index contributed by atoms with van der Waals surface area (Å²) in [5.74, 6) is 0.705. The molecule has 0 bridgehead atoms. The van der Waals surface area contributed by atoms with Crippen LogP contribution in [-0.2, 0) is 0 Å². The van der Waals surface area contributed by atoms with Gasteiger partial charge in [0.25, 0.3) is 5.91 Å². The molecule has 2 aromatic heterocycles. The van der Waals surface area contributed by atoms with Crippen molar-refractivity contribution in [1.29, 1.82) is 0 Å². The first-order chi connectivity index (χ1) is 15.9. The van der Waals surface area contributed by atoms with Gasteiger partial charge in [-0.15, -0.1) is 0 Å². The van der Waals surface area contributed by atoms with E-state index in [1.807, 2.05) is 38.1 Å². The molecular formula is C26H38N6O. The number of amides is 1. The summed E-state index contributed by atoms with van der Waals surface area (Å²) in [6.07, 6.45) is 3.65. The molecule has 7 nitrogen and oxygen atoms in total. The standard InChI is InChI=1S/C26H38N6O/c1-19(2)30-13-9-23(10-14-30)31-11-6-12-32(16-15-31)25-8-5-7-24(29-25)26(33)28-22-17-20(3)27-21(4)18-22/h5,7-8,17-19,23H,6,9-16H2,1-4H3,(H,27,28,33). The van der Waals surface area contributed by atoms with Crippen LogP contribution in [-0.4, -0.2) is 77.0 Å². The first-order valence-corrected chi connectivity index (χ1v) is 12.4. The van der Waals surface area contributed by atoms with Gasteiger partial charge in [0.05, 0.1) is 0 Å². The van der Waals surface area contributed by atoms with Crippen LogP contribution in [0.2, 0.25) is 0 Å². The third-order valence-electron chi connectivity index (χ3n) is 6.91. The molecule has 178 valence electrons. The lowest BCUT2D eigenvalue weighted by molar-refractivity contribution is 0.0965. The summed E-state index contributed by atoms with van der Waals surface area (Å²) in [4.78, 5) is 29.5. The summed E-state index contributed by atoms with van der Waals surface area (Å²) in [5, 5.41) is 2.97. The van der Waals surface area contributed by atoms with Crippen LogP contribution in [0, 0.1) is 13.8 Å². The van der Waals surface area contributed by atoms with Crippen molar-refractivity contribution in [2.24, 2.45) is 0 Å². The van der Waals surface area contributed by atoms with Crippen molar-refractivity contribution in [3.05, 3.63) is 47.4 Å². The predicted octanol–water partition coefficient (Wildman–Crippen LogP) is 3.73. The number of anilines is 2. The number of aromatic nitrogens is 2. The van der Waals surface area contributed by atoms with Gasteiger partial charge in [0.15, 0.2) is 0 Å². The Morgan fingerprint density at radius 1 is 0.970 bits per heavy atom. The highest BCUT2D eigenvalue weighted by Crippen LogP contribution is 2.22. The third kappa shape index (κ3) is 6.09. The van der Waals surface area contributed by atoms with E-state index in [0.29, 0.717) is 17.8 Å². The van der Waals surface area contributed by atoms with Crippen molar-refractivity contribution in [3.63, 3.8) is 0 Å². The average molecular weight is 451 g/mol. The summed E-state index contributed by atoms with van der Waals surface area (Å²) in [5.41, 5.74) is 2.97. The first kappa shape index (κ1) is 23.6. The van der Waals surface area contributed by atoms with Gasteiger partial charge in [0.1, 0.15) is 11.5 Å². The largest absolute Gasteiger partial charge is 0.355 e. The highest BCUT2D eigenvalue weighted by atomic mass is 16.1. The number of hydrogen-bond donors (Lipinski definition) is 1. The molecule has 2 aromatic rings. The predicted molar refractivity (Wildman–Crippen MR) is 134 cm³/mol. The number of pyridine rings is 2. The van der Waals surface area contributed by atoms with Crippen LogP contribution in [0.5, 0.6) is 0 Å². The maximum absolute atomic E-state index is 12.8. The Balaban J connectivity index is 1.37. The van der Waals surface area contributed by atoms with Gasteiger partial charge in [-0.05, 0) is 84.3 Å². The smallest absolute Gasteiger partial charge is 0.274 e. The van der Waals surface area contributed by atoms with Crippen molar-refractivity contribution in [3.8, 4) is 0 Å². The summed E-state index contributed by atoms with van der Waals surface area (Å²) < 4.78 is 0. The molecule has 0 spiro atoms. The van der Waals surface area contributed by atoms with E-state index in [9.17, 15) is 4.79 Å². The quantitative estimate of drug-likeness (QED) is 0.749. The highest BCUT2D eigenvalue weighted by Gasteiger charge is 2.27. The molecule has 0 atom stereocenters. The molecule has 0 aromatic carbocycles. The number of aryl methyl sites for hydroxylation is 2. The van der Waals surface area contributed by atoms with E-state index in [1.165, 1.54) is 25.9 Å². The molecule has 0 unspecified atom stereocenters. The Morgan fingerprint density at radius 3 is 2.39 bits per heavy atom. The Labute approximate surface area is 198 Å². The number of rotatable bonds is 5. The normalized spacial score (nSPS) is 19.0. The second-order valence-corrected chi connectivity index (χ2v) is 9.71. The molecule has 2 aliphatic heterocycles. The van der Waals surface area contributed by atoms with Gasteiger partial charge >= 0.3 is 0 Å². The lowest BCUT2D eigenvalue weighted by atomic mass is 10.0. The van der Waals surface area contributed by atoms with Gasteiger partial charge < -0.3 is 15.1 Å². The summed E-state index contributed by atoms with van der Waals surface area (Å²) in [7, 11) is 0. The van der Waals surface area contributed by atoms with Crippen molar-refractivity contribution >= 4 is 17.4 Å². The number of piperidine rings is 1. The third-order valence-corrected chi connectivity index (χ3v) is 6.91. The molecule has 1 N–H and O–H groups in total. The molecule has 2 saturated heterocycles. The molecule has 1 amide bonds. The van der Waals surface area contributed by atoms with Crippen LogP contribution in [0.25, 0.3) is 0 Å². The molecular weight excluding hydrogens is 412 g/mol. The SMILES string of the molecule is Cc1cc(NC(=O)c2cccc(N3CCCN(C4CCN(C(C)C)CC4)CC3)n2)cc(C)n1. The van der Waals surface area contributed by atoms with E-state index in [-0.39, 0.29) is 5.91 Å². The van der Waals surface area contributed by atoms with Crippen molar-refractivity contribution in [1.82, 2.24) is 19.8 Å². The van der Waals surface area contributed by atoms with E-state index in [4.69, 9.17) is 4.98 Å². The molecule has 2 fully saturated rings. The minimum atomic E-state index is -0.185. The van der Waals surface area contributed by atoms with Gasteiger partial charge in [0, 0.05) is 55.3 Å². The number of hydrogen-bond acceptors (Lipinski definition) is 6. The van der Waals surface area contributed by atoms with Crippen molar-refractivity contribution in [2.75, 3.05) is 49.5 Å². The fourth-order valence-electron chi connectivity index (χ4n) is 5.13. The monoisotopic (exact) mass is 450 g/mol. The Morgan fingerprint density at radius 2 is 1.70 bits per heavy atom. The van der Waals surface area contributed by atoms with Gasteiger partial charge in [-0.2, -0.15) is 0 Å². The van der Waals surface area contributed by atoms with E-state index in [2.05, 4.69) is 38.8 Å². The maximum Gasteiger partial charge on any atom is 0.274 e. The number of carbonyl (C=O) groups excluding carboxylic acids is 1. The summed E-state index contributed by atoms with van der Waals surface area (Å²) in [6, 6.07) is 10.8. The van der Waals surface area contributed by atoms with E-state index < -0.39 is 0 Å². The molecule has 33 heavy (non-hydrogen) atoms. The van der Waals surface area contributed by atoms with E-state index >= 15 is 0 Å². The van der Waals surface area contributed by atoms with Crippen molar-refractivity contribution in [2.45, 2.75) is 59.0 Å². The van der Waals surface area contributed by atoms with Crippen LogP contribution in [0.15, 0.2) is 30.3 Å². The Hall–Kier alpha value is -2.51. The number of carbonyl (C=O) groups is 1. The minimum absolute atomic E-state index is 0.185. The molecule has 4 rings (SSSR count). The zero-order valence-corrected chi connectivity index (χ0v) is 20.5. The highest BCUT2D eigenvalue weighted by molar-refractivity contribution is 6.03. The van der Waals surface area contributed by atoms with Crippen LogP contribution in [0.1, 0.15) is 55.0 Å². The number of nitrogens with one attached hydrogen (secondary N) is 1. The zero-order valence-electron chi connectivity index (χ0n) is 20.5. The van der Waals surface area contributed by atoms with Gasteiger partial charge in [-0.3, -0.25) is 14.7 Å². The van der Waals surface area contributed by atoms with Crippen LogP contribution in [0.4, 0.5) is 11.5 Å². The minimum Gasteiger partial charge on any atom is -0.355 e. The van der Waals surface area contributed by atoms with Gasteiger partial charge in [-0.25, -0.2) is 4.98 Å². The molecule has 0 aliphatic carbocycles. The molecule has 7 heteroatoms. The Bertz CT molecular complexity index is 933. The van der Waals surface area contributed by atoms with Crippen LogP contribution in [0.3, 0.4) is 0 Å². The molecule has 2 aliphatic rings. The second kappa shape index (κ2) is 10.6. The van der Waals surface area contributed by atoms with E-state index in [0.717, 1.165) is 55.5 Å². The fraction of sp³-hybridized carbons (Fsp3) is 0.577. The average Bonchev–Trinajstić information content (AvgIpc) is 3.05. The van der Waals surface area contributed by atoms with Gasteiger partial charge in [0.2, 0.25) is 0 Å². The summed E-state index contributed by atoms with van der Waals surface area (Å²) >= 11 is 0. The lowest BCUT2D eigenvalue weighted by Gasteiger charge is -2.39. The van der Waals surface area contributed by atoms with E-state index in [1.54, 1.807) is 6.07 Å².